The summed E-state index contributed by atoms with van der Waals surface area (Å²) in [5, 5.41) is 3.72. The standard InChI is InChI=1S/C23H23N7O/c1-2-21(31)29-18-5-6-19-20(9-18)27-14-28-22(19)30-8-7-15(13-30)10-24-23-25-11-17(12-26-23)16-3-4-16/h2,5-6,9-12,14-16H,1,3-4,7-8,13H2,(H,29,31). The molecule has 0 spiro atoms. The first-order valence-electron chi connectivity index (χ1n) is 10.5. The highest BCUT2D eigenvalue weighted by Gasteiger charge is 2.25. The molecule has 1 aliphatic carbocycles. The van der Waals surface area contributed by atoms with Crippen molar-refractivity contribution in [2.75, 3.05) is 23.3 Å². The van der Waals surface area contributed by atoms with Crippen LogP contribution in [0.1, 0.15) is 30.7 Å². The predicted molar refractivity (Wildman–Crippen MR) is 121 cm³/mol. The van der Waals surface area contributed by atoms with Gasteiger partial charge in [-0.1, -0.05) is 6.58 Å². The van der Waals surface area contributed by atoms with Crippen LogP contribution < -0.4 is 10.2 Å². The number of aliphatic imine (C=N–C) groups is 1. The maximum atomic E-state index is 11.6. The average Bonchev–Trinajstić information content (AvgIpc) is 3.55. The summed E-state index contributed by atoms with van der Waals surface area (Å²) in [6.45, 7) is 5.19. The Balaban J connectivity index is 1.28. The van der Waals surface area contributed by atoms with Gasteiger partial charge in [0.25, 0.3) is 0 Å². The lowest BCUT2D eigenvalue weighted by atomic mass is 10.1. The molecule has 3 aromatic rings. The van der Waals surface area contributed by atoms with Crippen LogP contribution >= 0.6 is 0 Å². The predicted octanol–water partition coefficient (Wildman–Crippen LogP) is 3.65. The molecule has 156 valence electrons. The van der Waals surface area contributed by atoms with Crippen LogP contribution in [0.15, 0.2) is 54.6 Å². The molecule has 1 atom stereocenters. The zero-order chi connectivity index (χ0) is 21.2. The zero-order valence-corrected chi connectivity index (χ0v) is 17.1. The van der Waals surface area contributed by atoms with Gasteiger partial charge in [0.2, 0.25) is 11.9 Å². The second-order valence-electron chi connectivity index (χ2n) is 7.99. The molecule has 31 heavy (non-hydrogen) atoms. The van der Waals surface area contributed by atoms with Crippen molar-refractivity contribution in [1.82, 2.24) is 19.9 Å². The topological polar surface area (TPSA) is 96.3 Å². The fourth-order valence-electron chi connectivity index (χ4n) is 3.86. The molecule has 1 unspecified atom stereocenters. The van der Waals surface area contributed by atoms with Gasteiger partial charge in [-0.2, -0.15) is 0 Å². The van der Waals surface area contributed by atoms with Gasteiger partial charge in [-0.15, -0.1) is 0 Å². The van der Waals surface area contributed by atoms with Crippen LogP contribution in [-0.2, 0) is 4.79 Å². The molecule has 1 saturated carbocycles. The summed E-state index contributed by atoms with van der Waals surface area (Å²) in [6.07, 6.45) is 12.0. The van der Waals surface area contributed by atoms with Gasteiger partial charge < -0.3 is 10.2 Å². The second-order valence-corrected chi connectivity index (χ2v) is 7.99. The third-order valence-corrected chi connectivity index (χ3v) is 5.70. The average molecular weight is 413 g/mol. The number of fused-ring (bicyclic) bond motifs is 1. The summed E-state index contributed by atoms with van der Waals surface area (Å²) >= 11 is 0. The summed E-state index contributed by atoms with van der Waals surface area (Å²) in [5.41, 5.74) is 2.68. The van der Waals surface area contributed by atoms with E-state index in [-0.39, 0.29) is 5.91 Å². The molecular formula is C23H23N7O. The first-order chi connectivity index (χ1) is 15.2. The molecular weight excluding hydrogens is 390 g/mol. The monoisotopic (exact) mass is 413 g/mol. The van der Waals surface area contributed by atoms with Gasteiger partial charge in [-0.25, -0.2) is 24.9 Å². The highest BCUT2D eigenvalue weighted by atomic mass is 16.1. The number of carbonyl (C=O) groups excluding carboxylic acids is 1. The molecule has 1 saturated heterocycles. The third kappa shape index (κ3) is 4.28. The van der Waals surface area contributed by atoms with E-state index in [0.29, 0.717) is 23.5 Å². The van der Waals surface area contributed by atoms with Gasteiger partial charge >= 0.3 is 0 Å². The van der Waals surface area contributed by atoms with E-state index in [2.05, 4.69) is 41.7 Å². The maximum absolute atomic E-state index is 11.6. The van der Waals surface area contributed by atoms with E-state index in [1.54, 1.807) is 6.33 Å². The first-order valence-corrected chi connectivity index (χ1v) is 10.5. The van der Waals surface area contributed by atoms with Crippen molar-refractivity contribution in [3.8, 4) is 0 Å². The van der Waals surface area contributed by atoms with Gasteiger partial charge in [0, 0.05) is 48.7 Å². The first kappa shape index (κ1) is 19.3. The molecule has 8 heteroatoms. The van der Waals surface area contributed by atoms with Crippen molar-refractivity contribution < 1.29 is 4.79 Å². The summed E-state index contributed by atoms with van der Waals surface area (Å²) in [6, 6.07) is 5.65. The quantitative estimate of drug-likeness (QED) is 0.489. The number of hydrogen-bond donors (Lipinski definition) is 1. The molecule has 1 amide bonds. The number of nitrogens with one attached hydrogen (secondary N) is 1. The third-order valence-electron chi connectivity index (χ3n) is 5.70. The lowest BCUT2D eigenvalue weighted by molar-refractivity contribution is -0.111. The number of nitrogens with zero attached hydrogens (tertiary/aromatic N) is 6. The van der Waals surface area contributed by atoms with E-state index in [1.807, 2.05) is 36.8 Å². The number of carbonyl (C=O) groups is 1. The minimum atomic E-state index is -0.249. The molecule has 1 N–H and O–H groups in total. The Morgan fingerprint density at radius 3 is 2.77 bits per heavy atom. The van der Waals surface area contributed by atoms with Gasteiger partial charge in [0.05, 0.1) is 5.52 Å². The molecule has 2 fully saturated rings. The molecule has 2 aromatic heterocycles. The summed E-state index contributed by atoms with van der Waals surface area (Å²) < 4.78 is 0. The number of rotatable bonds is 6. The SMILES string of the molecule is C=CC(=O)Nc1ccc2c(N3CCC(C=Nc4ncc(C5CC5)cn4)C3)ncnc2c1. The van der Waals surface area contributed by atoms with E-state index < -0.39 is 0 Å². The zero-order valence-electron chi connectivity index (χ0n) is 17.1. The highest BCUT2D eigenvalue weighted by Crippen LogP contribution is 2.39. The normalized spacial score (nSPS) is 18.6. The Morgan fingerprint density at radius 2 is 2.00 bits per heavy atom. The lowest BCUT2D eigenvalue weighted by Crippen LogP contribution is -2.21. The molecule has 8 nitrogen and oxygen atoms in total. The number of hydrogen-bond acceptors (Lipinski definition) is 7. The van der Waals surface area contributed by atoms with Crippen LogP contribution in [0.2, 0.25) is 0 Å². The lowest BCUT2D eigenvalue weighted by Gasteiger charge is -2.18. The molecule has 0 radical (unpaired) electrons. The van der Waals surface area contributed by atoms with Crippen LogP contribution in [0.4, 0.5) is 17.5 Å². The maximum Gasteiger partial charge on any atom is 0.248 e. The number of anilines is 2. The van der Waals surface area contributed by atoms with Crippen molar-refractivity contribution in [2.24, 2.45) is 10.9 Å². The smallest absolute Gasteiger partial charge is 0.248 e. The fraction of sp³-hybridized carbons (Fsp3) is 0.304. The molecule has 1 aliphatic heterocycles. The van der Waals surface area contributed by atoms with E-state index >= 15 is 0 Å². The van der Waals surface area contributed by atoms with Crippen LogP contribution in [-0.4, -0.2) is 45.1 Å². The van der Waals surface area contributed by atoms with Crippen LogP contribution in [0.3, 0.4) is 0 Å². The molecule has 0 bridgehead atoms. The van der Waals surface area contributed by atoms with Crippen LogP contribution in [0, 0.1) is 5.92 Å². The number of amides is 1. The van der Waals surface area contributed by atoms with E-state index in [1.165, 1.54) is 24.5 Å². The van der Waals surface area contributed by atoms with E-state index in [4.69, 9.17) is 0 Å². The van der Waals surface area contributed by atoms with Crippen molar-refractivity contribution in [2.45, 2.75) is 25.2 Å². The minimum Gasteiger partial charge on any atom is -0.355 e. The van der Waals surface area contributed by atoms with Crippen LogP contribution in [0.25, 0.3) is 10.9 Å². The largest absolute Gasteiger partial charge is 0.355 e. The van der Waals surface area contributed by atoms with Crippen LogP contribution in [0.5, 0.6) is 0 Å². The molecule has 2 aliphatic rings. The van der Waals surface area contributed by atoms with Crippen molar-refractivity contribution >= 4 is 40.5 Å². The Bertz CT molecular complexity index is 1150. The van der Waals surface area contributed by atoms with E-state index in [0.717, 1.165) is 36.2 Å². The van der Waals surface area contributed by atoms with Gasteiger partial charge in [-0.3, -0.25) is 4.79 Å². The fourth-order valence-corrected chi connectivity index (χ4v) is 3.86. The molecule has 5 rings (SSSR count). The van der Waals surface area contributed by atoms with Crippen molar-refractivity contribution in [1.29, 1.82) is 0 Å². The van der Waals surface area contributed by atoms with Crippen molar-refractivity contribution in [3.63, 3.8) is 0 Å². The Hall–Kier alpha value is -3.68. The van der Waals surface area contributed by atoms with Gasteiger partial charge in [0.15, 0.2) is 0 Å². The molecule has 1 aromatic carbocycles. The van der Waals surface area contributed by atoms with Gasteiger partial charge in [0.1, 0.15) is 12.1 Å². The van der Waals surface area contributed by atoms with E-state index in [9.17, 15) is 4.79 Å². The minimum absolute atomic E-state index is 0.249. The second kappa shape index (κ2) is 8.22. The highest BCUT2D eigenvalue weighted by molar-refractivity contribution is 6.01. The summed E-state index contributed by atoms with van der Waals surface area (Å²) in [5.74, 6) is 2.12. The number of benzene rings is 1. The Labute approximate surface area is 180 Å². The number of aromatic nitrogens is 4. The summed E-state index contributed by atoms with van der Waals surface area (Å²) in [7, 11) is 0. The Kier molecular flexibility index (Phi) is 5.11. The van der Waals surface area contributed by atoms with Gasteiger partial charge in [-0.05, 0) is 55.0 Å². The molecule has 3 heterocycles. The summed E-state index contributed by atoms with van der Waals surface area (Å²) in [4.78, 5) is 35.9. The Morgan fingerprint density at radius 1 is 1.16 bits per heavy atom. The van der Waals surface area contributed by atoms with Crippen molar-refractivity contribution in [3.05, 3.63) is 55.1 Å².